The van der Waals surface area contributed by atoms with Gasteiger partial charge in [0.1, 0.15) is 10.7 Å². The van der Waals surface area contributed by atoms with Gasteiger partial charge < -0.3 is 5.73 Å². The molecule has 19 heavy (non-hydrogen) atoms. The molecule has 0 unspecified atom stereocenters. The maximum Gasteiger partial charge on any atom is 0.245 e. The van der Waals surface area contributed by atoms with Crippen molar-refractivity contribution in [1.29, 1.82) is 0 Å². The van der Waals surface area contributed by atoms with Crippen LogP contribution in [0.5, 0.6) is 0 Å². The van der Waals surface area contributed by atoms with Crippen molar-refractivity contribution in [2.45, 2.75) is 31.2 Å². The number of benzene rings is 1. The fourth-order valence-electron chi connectivity index (χ4n) is 2.24. The molecule has 0 aliphatic carbocycles. The van der Waals surface area contributed by atoms with Crippen LogP contribution < -0.4 is 5.73 Å². The summed E-state index contributed by atoms with van der Waals surface area (Å²) in [6, 6.07) is 4.06. The summed E-state index contributed by atoms with van der Waals surface area (Å²) < 4.78 is 40.0. The fourth-order valence-corrected chi connectivity index (χ4v) is 3.76. The summed E-state index contributed by atoms with van der Waals surface area (Å²) in [5.41, 5.74) is 6.00. The SMILES string of the molecule is CC1CCN(S(=O)(=O)c2ccc(CN)cc2F)CC1. The molecule has 106 valence electrons. The van der Waals surface area contributed by atoms with Crippen LogP contribution in [0.25, 0.3) is 0 Å². The molecule has 1 aromatic rings. The van der Waals surface area contributed by atoms with Crippen molar-refractivity contribution in [2.75, 3.05) is 13.1 Å². The Bertz CT molecular complexity index is 552. The highest BCUT2D eigenvalue weighted by Crippen LogP contribution is 2.25. The van der Waals surface area contributed by atoms with Crippen molar-refractivity contribution in [3.05, 3.63) is 29.6 Å². The van der Waals surface area contributed by atoms with E-state index in [9.17, 15) is 12.8 Å². The number of piperidine rings is 1. The number of hydrogen-bond acceptors (Lipinski definition) is 3. The normalized spacial score (nSPS) is 18.7. The van der Waals surface area contributed by atoms with Gasteiger partial charge in [-0.3, -0.25) is 0 Å². The van der Waals surface area contributed by atoms with Crippen LogP contribution in [-0.4, -0.2) is 25.8 Å². The topological polar surface area (TPSA) is 63.4 Å². The molecule has 1 aromatic carbocycles. The molecule has 0 spiro atoms. The van der Waals surface area contributed by atoms with Gasteiger partial charge in [0, 0.05) is 19.6 Å². The Morgan fingerprint density at radius 1 is 1.37 bits per heavy atom. The molecular weight excluding hydrogens is 267 g/mol. The molecule has 1 aliphatic rings. The molecule has 2 rings (SSSR count). The van der Waals surface area contributed by atoms with Gasteiger partial charge in [0.05, 0.1) is 0 Å². The Balaban J connectivity index is 2.29. The van der Waals surface area contributed by atoms with Crippen molar-refractivity contribution < 1.29 is 12.8 Å². The Morgan fingerprint density at radius 2 is 2.00 bits per heavy atom. The molecular formula is C13H19FN2O2S. The summed E-state index contributed by atoms with van der Waals surface area (Å²) in [5, 5.41) is 0. The molecule has 6 heteroatoms. The second kappa shape index (κ2) is 5.56. The van der Waals surface area contributed by atoms with Gasteiger partial charge in [-0.2, -0.15) is 4.31 Å². The standard InChI is InChI=1S/C13H19FN2O2S/c1-10-4-6-16(7-5-10)19(17,18)13-3-2-11(9-15)8-12(13)14/h2-3,8,10H,4-7,9,15H2,1H3. The van der Waals surface area contributed by atoms with Crippen LogP contribution in [0.3, 0.4) is 0 Å². The first-order valence-electron chi connectivity index (χ1n) is 6.44. The first-order chi connectivity index (χ1) is 8.95. The van der Waals surface area contributed by atoms with Crippen LogP contribution in [-0.2, 0) is 16.6 Å². The number of nitrogens with zero attached hydrogens (tertiary/aromatic N) is 1. The van der Waals surface area contributed by atoms with Crippen LogP contribution in [0.15, 0.2) is 23.1 Å². The lowest BCUT2D eigenvalue weighted by atomic mass is 10.0. The third-order valence-corrected chi connectivity index (χ3v) is 5.52. The van der Waals surface area contributed by atoms with E-state index in [-0.39, 0.29) is 11.4 Å². The number of nitrogens with two attached hydrogens (primary N) is 1. The van der Waals surface area contributed by atoms with E-state index in [0.29, 0.717) is 24.6 Å². The summed E-state index contributed by atoms with van der Waals surface area (Å²) >= 11 is 0. The van der Waals surface area contributed by atoms with Crippen LogP contribution in [0.4, 0.5) is 4.39 Å². The largest absolute Gasteiger partial charge is 0.326 e. The van der Waals surface area contributed by atoms with Crippen molar-refractivity contribution in [1.82, 2.24) is 4.31 Å². The predicted octanol–water partition coefficient (Wildman–Crippen LogP) is 1.71. The fraction of sp³-hybridized carbons (Fsp3) is 0.538. The average molecular weight is 286 g/mol. The van der Waals surface area contributed by atoms with E-state index in [4.69, 9.17) is 5.73 Å². The van der Waals surface area contributed by atoms with Crippen molar-refractivity contribution in [3.8, 4) is 0 Å². The predicted molar refractivity (Wildman–Crippen MR) is 71.4 cm³/mol. The number of halogens is 1. The maximum atomic E-state index is 13.9. The van der Waals surface area contributed by atoms with Gasteiger partial charge in [-0.05, 0) is 36.5 Å². The van der Waals surface area contributed by atoms with Gasteiger partial charge in [0.25, 0.3) is 0 Å². The lowest BCUT2D eigenvalue weighted by Crippen LogP contribution is -2.38. The van der Waals surface area contributed by atoms with E-state index < -0.39 is 15.8 Å². The Hall–Kier alpha value is -0.980. The minimum absolute atomic E-state index is 0.193. The van der Waals surface area contributed by atoms with Crippen LogP contribution >= 0.6 is 0 Å². The number of rotatable bonds is 3. The lowest BCUT2D eigenvalue weighted by molar-refractivity contribution is 0.287. The van der Waals surface area contributed by atoms with E-state index in [2.05, 4.69) is 6.92 Å². The van der Waals surface area contributed by atoms with Crippen molar-refractivity contribution >= 4 is 10.0 Å². The third kappa shape index (κ3) is 2.96. The molecule has 1 saturated heterocycles. The van der Waals surface area contributed by atoms with Crippen LogP contribution in [0.1, 0.15) is 25.3 Å². The molecule has 4 nitrogen and oxygen atoms in total. The highest BCUT2D eigenvalue weighted by atomic mass is 32.2. The van der Waals surface area contributed by atoms with Gasteiger partial charge in [-0.15, -0.1) is 0 Å². The van der Waals surface area contributed by atoms with Crippen LogP contribution in [0, 0.1) is 11.7 Å². The van der Waals surface area contributed by atoms with E-state index >= 15 is 0 Å². The third-order valence-electron chi connectivity index (χ3n) is 3.59. The summed E-state index contributed by atoms with van der Waals surface area (Å²) in [6.45, 7) is 3.21. The highest BCUT2D eigenvalue weighted by molar-refractivity contribution is 7.89. The molecule has 0 saturated carbocycles. The highest BCUT2D eigenvalue weighted by Gasteiger charge is 2.30. The second-order valence-electron chi connectivity index (χ2n) is 5.06. The van der Waals surface area contributed by atoms with Gasteiger partial charge in [0.2, 0.25) is 10.0 Å². The molecule has 0 amide bonds. The van der Waals surface area contributed by atoms with E-state index in [1.165, 1.54) is 16.4 Å². The number of sulfonamides is 1. The summed E-state index contributed by atoms with van der Waals surface area (Å²) in [4.78, 5) is -0.251. The maximum absolute atomic E-state index is 13.9. The van der Waals surface area contributed by atoms with Gasteiger partial charge in [-0.25, -0.2) is 12.8 Å². The zero-order valence-corrected chi connectivity index (χ0v) is 11.8. The molecule has 0 bridgehead atoms. The van der Waals surface area contributed by atoms with Gasteiger partial charge in [0.15, 0.2) is 0 Å². The minimum atomic E-state index is -3.72. The molecule has 0 atom stereocenters. The first-order valence-corrected chi connectivity index (χ1v) is 7.88. The van der Waals surface area contributed by atoms with E-state index in [0.717, 1.165) is 12.8 Å². The molecule has 1 heterocycles. The van der Waals surface area contributed by atoms with E-state index in [1.54, 1.807) is 6.07 Å². The Morgan fingerprint density at radius 3 is 2.53 bits per heavy atom. The average Bonchev–Trinajstić information content (AvgIpc) is 2.38. The molecule has 2 N–H and O–H groups in total. The van der Waals surface area contributed by atoms with Crippen molar-refractivity contribution in [2.24, 2.45) is 11.7 Å². The smallest absolute Gasteiger partial charge is 0.245 e. The summed E-state index contributed by atoms with van der Waals surface area (Å²) in [6.07, 6.45) is 1.64. The second-order valence-corrected chi connectivity index (χ2v) is 6.96. The van der Waals surface area contributed by atoms with E-state index in [1.807, 2.05) is 0 Å². The summed E-state index contributed by atoms with van der Waals surface area (Å²) in [7, 11) is -3.72. The molecule has 1 fully saturated rings. The summed E-state index contributed by atoms with van der Waals surface area (Å²) in [5.74, 6) is -0.197. The van der Waals surface area contributed by atoms with Crippen molar-refractivity contribution in [3.63, 3.8) is 0 Å². The Kier molecular flexibility index (Phi) is 4.23. The molecule has 1 aliphatic heterocycles. The monoisotopic (exact) mass is 286 g/mol. The quantitative estimate of drug-likeness (QED) is 0.920. The molecule has 0 radical (unpaired) electrons. The zero-order valence-electron chi connectivity index (χ0n) is 11.0. The Labute approximate surface area is 113 Å². The number of hydrogen-bond donors (Lipinski definition) is 1. The van der Waals surface area contributed by atoms with Crippen LogP contribution in [0.2, 0.25) is 0 Å². The lowest BCUT2D eigenvalue weighted by Gasteiger charge is -2.29. The minimum Gasteiger partial charge on any atom is -0.326 e. The molecule has 0 aromatic heterocycles. The van der Waals surface area contributed by atoms with Gasteiger partial charge in [-0.1, -0.05) is 13.0 Å². The first kappa shape index (κ1) is 14.4. The van der Waals surface area contributed by atoms with Gasteiger partial charge >= 0.3 is 0 Å². The zero-order chi connectivity index (χ0) is 14.0.